The number of para-hydroxylation sites is 2. The summed E-state index contributed by atoms with van der Waals surface area (Å²) in [5, 5.41) is 18.9. The molecule has 0 aliphatic carbocycles. The van der Waals surface area contributed by atoms with E-state index in [1.54, 1.807) is 24.3 Å². The standard InChI is InChI=1S/C21H21F3N4O3/c1-2-31-15-9-7-14(8-10-15)25-11-12-26-20(30)16-13-28(27-19(16)21(22,23)24)17-5-3-4-6-18(17)29/h3-10,13,25,29H,2,11-12H2,1H3,(H,26,30). The molecule has 7 nitrogen and oxygen atoms in total. The molecular weight excluding hydrogens is 413 g/mol. The molecule has 31 heavy (non-hydrogen) atoms. The first-order chi connectivity index (χ1) is 14.8. The Bertz CT molecular complexity index is 1030. The molecule has 1 aromatic heterocycles. The average Bonchev–Trinajstić information content (AvgIpc) is 3.19. The molecule has 3 N–H and O–H groups in total. The summed E-state index contributed by atoms with van der Waals surface area (Å²) < 4.78 is 46.4. The van der Waals surface area contributed by atoms with Crippen LogP contribution in [0.3, 0.4) is 0 Å². The molecule has 1 amide bonds. The minimum atomic E-state index is -4.83. The number of phenolic OH excluding ortho intramolecular Hbond substituents is 1. The van der Waals surface area contributed by atoms with Crippen molar-refractivity contribution in [2.24, 2.45) is 0 Å². The lowest BCUT2D eigenvalue weighted by molar-refractivity contribution is -0.141. The van der Waals surface area contributed by atoms with Crippen LogP contribution in [-0.4, -0.2) is 40.5 Å². The second kappa shape index (κ2) is 9.41. The largest absolute Gasteiger partial charge is 0.506 e. The number of amides is 1. The molecule has 0 spiro atoms. The summed E-state index contributed by atoms with van der Waals surface area (Å²) in [5.74, 6) is -0.449. The molecule has 0 saturated carbocycles. The zero-order valence-electron chi connectivity index (χ0n) is 16.6. The zero-order chi connectivity index (χ0) is 22.4. The van der Waals surface area contributed by atoms with Gasteiger partial charge in [0.1, 0.15) is 17.2 Å². The number of hydrogen-bond acceptors (Lipinski definition) is 5. The van der Waals surface area contributed by atoms with E-state index in [1.165, 1.54) is 24.3 Å². The summed E-state index contributed by atoms with van der Waals surface area (Å²) in [4.78, 5) is 12.4. The number of benzene rings is 2. The first-order valence-corrected chi connectivity index (χ1v) is 9.49. The highest BCUT2D eigenvalue weighted by Gasteiger charge is 2.39. The number of phenols is 1. The zero-order valence-corrected chi connectivity index (χ0v) is 16.6. The number of nitrogens with zero attached hydrogens (tertiary/aromatic N) is 2. The summed E-state index contributed by atoms with van der Waals surface area (Å²) in [6.07, 6.45) is -3.88. The van der Waals surface area contributed by atoms with Crippen molar-refractivity contribution < 1.29 is 27.8 Å². The predicted octanol–water partition coefficient (Wildman–Crippen LogP) is 3.84. The Morgan fingerprint density at radius 3 is 2.48 bits per heavy atom. The van der Waals surface area contributed by atoms with E-state index in [0.717, 1.165) is 22.3 Å². The Hall–Kier alpha value is -3.69. The number of carbonyl (C=O) groups excluding carboxylic acids is 1. The maximum Gasteiger partial charge on any atom is 0.435 e. The summed E-state index contributed by atoms with van der Waals surface area (Å²) in [7, 11) is 0. The number of alkyl halides is 3. The minimum Gasteiger partial charge on any atom is -0.506 e. The van der Waals surface area contributed by atoms with Crippen LogP contribution in [0.1, 0.15) is 23.0 Å². The Morgan fingerprint density at radius 1 is 1.13 bits per heavy atom. The number of carbonyl (C=O) groups is 1. The van der Waals surface area contributed by atoms with E-state index in [4.69, 9.17) is 4.74 Å². The third-order valence-corrected chi connectivity index (χ3v) is 4.26. The lowest BCUT2D eigenvalue weighted by Gasteiger charge is -2.10. The van der Waals surface area contributed by atoms with Crippen LogP contribution in [-0.2, 0) is 6.18 Å². The van der Waals surface area contributed by atoms with Crippen molar-refractivity contribution in [1.29, 1.82) is 0 Å². The van der Waals surface area contributed by atoms with E-state index in [9.17, 15) is 23.1 Å². The van der Waals surface area contributed by atoms with E-state index in [0.29, 0.717) is 13.2 Å². The molecule has 0 atom stereocenters. The molecule has 3 aromatic rings. The molecule has 10 heteroatoms. The monoisotopic (exact) mass is 434 g/mol. The Morgan fingerprint density at radius 2 is 1.84 bits per heavy atom. The lowest BCUT2D eigenvalue weighted by atomic mass is 10.2. The first kappa shape index (κ1) is 22.0. The van der Waals surface area contributed by atoms with Crippen LogP contribution in [0.15, 0.2) is 54.7 Å². The number of aromatic nitrogens is 2. The van der Waals surface area contributed by atoms with Crippen LogP contribution in [0, 0.1) is 0 Å². The molecule has 3 rings (SSSR count). The van der Waals surface area contributed by atoms with Crippen LogP contribution >= 0.6 is 0 Å². The van der Waals surface area contributed by atoms with Crippen molar-refractivity contribution in [2.75, 3.05) is 25.0 Å². The molecule has 0 aliphatic heterocycles. The normalized spacial score (nSPS) is 11.2. The van der Waals surface area contributed by atoms with Gasteiger partial charge >= 0.3 is 6.18 Å². The Kier molecular flexibility index (Phi) is 6.68. The summed E-state index contributed by atoms with van der Waals surface area (Å²) in [5.41, 5.74) is -1.14. The van der Waals surface area contributed by atoms with Gasteiger partial charge in [-0.15, -0.1) is 0 Å². The maximum atomic E-state index is 13.4. The van der Waals surface area contributed by atoms with Gasteiger partial charge in [-0.2, -0.15) is 18.3 Å². The Labute approximate surface area is 176 Å². The van der Waals surface area contributed by atoms with Crippen LogP contribution in [0.25, 0.3) is 5.69 Å². The quantitative estimate of drug-likeness (QED) is 0.469. The van der Waals surface area contributed by atoms with Gasteiger partial charge < -0.3 is 20.5 Å². The molecule has 0 aliphatic rings. The van der Waals surface area contributed by atoms with Crippen molar-refractivity contribution in [3.8, 4) is 17.2 Å². The molecule has 0 fully saturated rings. The Balaban J connectivity index is 1.66. The van der Waals surface area contributed by atoms with Crippen molar-refractivity contribution in [3.05, 3.63) is 66.0 Å². The van der Waals surface area contributed by atoms with Crippen LogP contribution < -0.4 is 15.4 Å². The highest BCUT2D eigenvalue weighted by Crippen LogP contribution is 2.32. The van der Waals surface area contributed by atoms with Gasteiger partial charge in [0, 0.05) is 25.0 Å². The number of ether oxygens (including phenoxy) is 1. The predicted molar refractivity (Wildman–Crippen MR) is 109 cm³/mol. The molecular formula is C21H21F3N4O3. The first-order valence-electron chi connectivity index (χ1n) is 9.49. The van der Waals surface area contributed by atoms with Crippen LogP contribution in [0.2, 0.25) is 0 Å². The van der Waals surface area contributed by atoms with Gasteiger partial charge in [-0.05, 0) is 43.3 Å². The second-order valence-electron chi connectivity index (χ2n) is 6.46. The molecule has 164 valence electrons. The fraction of sp³-hybridized carbons (Fsp3) is 0.238. The van der Waals surface area contributed by atoms with E-state index in [2.05, 4.69) is 15.7 Å². The summed E-state index contributed by atoms with van der Waals surface area (Å²) >= 11 is 0. The SMILES string of the molecule is CCOc1ccc(NCCNC(=O)c2cn(-c3ccccc3O)nc2C(F)(F)F)cc1. The fourth-order valence-electron chi connectivity index (χ4n) is 2.84. The van der Waals surface area contributed by atoms with Gasteiger partial charge in [-0.25, -0.2) is 4.68 Å². The van der Waals surface area contributed by atoms with E-state index in [-0.39, 0.29) is 18.0 Å². The number of hydrogen-bond donors (Lipinski definition) is 3. The highest BCUT2D eigenvalue weighted by molar-refractivity contribution is 5.95. The third kappa shape index (κ3) is 5.47. The molecule has 0 bridgehead atoms. The van der Waals surface area contributed by atoms with Crippen molar-refractivity contribution in [2.45, 2.75) is 13.1 Å². The number of halogens is 3. The molecule has 2 aromatic carbocycles. The molecule has 0 radical (unpaired) electrons. The number of rotatable bonds is 8. The van der Waals surface area contributed by atoms with Gasteiger partial charge in [-0.1, -0.05) is 12.1 Å². The molecule has 1 heterocycles. The van der Waals surface area contributed by atoms with Crippen LogP contribution in [0.5, 0.6) is 11.5 Å². The molecule has 0 saturated heterocycles. The van der Waals surface area contributed by atoms with Crippen molar-refractivity contribution in [3.63, 3.8) is 0 Å². The molecule has 0 unspecified atom stereocenters. The van der Waals surface area contributed by atoms with Crippen molar-refractivity contribution in [1.82, 2.24) is 15.1 Å². The topological polar surface area (TPSA) is 88.4 Å². The number of anilines is 1. The average molecular weight is 434 g/mol. The van der Waals surface area contributed by atoms with E-state index in [1.807, 2.05) is 6.92 Å². The lowest BCUT2D eigenvalue weighted by Crippen LogP contribution is -2.30. The maximum absolute atomic E-state index is 13.4. The second-order valence-corrected chi connectivity index (χ2v) is 6.46. The highest BCUT2D eigenvalue weighted by atomic mass is 19.4. The van der Waals surface area contributed by atoms with Gasteiger partial charge in [-0.3, -0.25) is 4.79 Å². The number of aromatic hydroxyl groups is 1. The van der Waals surface area contributed by atoms with Crippen LogP contribution in [0.4, 0.5) is 18.9 Å². The van der Waals surface area contributed by atoms with Gasteiger partial charge in [0.05, 0.1) is 12.2 Å². The third-order valence-electron chi connectivity index (χ3n) is 4.26. The van der Waals surface area contributed by atoms with Gasteiger partial charge in [0.15, 0.2) is 5.69 Å². The minimum absolute atomic E-state index is 0.0317. The summed E-state index contributed by atoms with van der Waals surface area (Å²) in [6, 6.07) is 12.9. The van der Waals surface area contributed by atoms with Gasteiger partial charge in [0.25, 0.3) is 5.91 Å². The summed E-state index contributed by atoms with van der Waals surface area (Å²) in [6.45, 7) is 2.82. The van der Waals surface area contributed by atoms with E-state index < -0.39 is 23.3 Å². The van der Waals surface area contributed by atoms with Gasteiger partial charge in [0.2, 0.25) is 0 Å². The number of nitrogens with one attached hydrogen (secondary N) is 2. The fourth-order valence-corrected chi connectivity index (χ4v) is 2.84. The van der Waals surface area contributed by atoms with Crippen molar-refractivity contribution >= 4 is 11.6 Å². The van der Waals surface area contributed by atoms with E-state index >= 15 is 0 Å². The smallest absolute Gasteiger partial charge is 0.435 e.